The first kappa shape index (κ1) is 21.2. The molecule has 1 fully saturated rings. The molecule has 1 saturated carbocycles. The number of anilines is 2. The number of aromatic nitrogens is 3. The van der Waals surface area contributed by atoms with Gasteiger partial charge in [0, 0.05) is 24.3 Å². The summed E-state index contributed by atoms with van der Waals surface area (Å²) in [5, 5.41) is 15.0. The molecule has 0 aliphatic heterocycles. The second-order valence-electron chi connectivity index (χ2n) is 7.54. The zero-order valence-corrected chi connectivity index (χ0v) is 18.2. The maximum Gasteiger partial charge on any atom is 0.234 e. The van der Waals surface area contributed by atoms with Gasteiger partial charge in [-0.3, -0.25) is 14.2 Å². The van der Waals surface area contributed by atoms with Crippen molar-refractivity contribution in [1.82, 2.24) is 14.8 Å². The molecule has 0 spiro atoms. The lowest BCUT2D eigenvalue weighted by molar-refractivity contribution is -0.114. The van der Waals surface area contributed by atoms with Crippen LogP contribution in [0.2, 0.25) is 0 Å². The average molecular weight is 440 g/mol. The third kappa shape index (κ3) is 5.35. The molecule has 2 aromatic heterocycles. The Hall–Kier alpha value is -3.07. The lowest BCUT2D eigenvalue weighted by atomic mass is 9.95. The van der Waals surface area contributed by atoms with Crippen molar-refractivity contribution >= 4 is 35.0 Å². The van der Waals surface area contributed by atoms with Gasteiger partial charge in [0.15, 0.2) is 10.9 Å². The standard InChI is InChI=1S/C22H25N5O3S/c1-15(28)23-16-7-5-8-17(13-16)24-20(29)14-31-22-26-25-21(19-11-6-12-30-19)27(22)18-9-3-2-4-10-18/h5-8,11-13,18H,2-4,9-10,14H2,1H3,(H,23,28)(H,24,29). The van der Waals surface area contributed by atoms with E-state index in [0.29, 0.717) is 29.0 Å². The highest BCUT2D eigenvalue weighted by molar-refractivity contribution is 7.99. The number of hydrogen-bond acceptors (Lipinski definition) is 6. The van der Waals surface area contributed by atoms with Crippen LogP contribution in [0.3, 0.4) is 0 Å². The van der Waals surface area contributed by atoms with Crippen molar-refractivity contribution in [2.24, 2.45) is 0 Å². The molecule has 0 unspecified atom stereocenters. The molecule has 2 N–H and O–H groups in total. The second kappa shape index (κ2) is 9.82. The van der Waals surface area contributed by atoms with E-state index in [1.807, 2.05) is 12.1 Å². The van der Waals surface area contributed by atoms with E-state index in [-0.39, 0.29) is 17.6 Å². The quantitative estimate of drug-likeness (QED) is 0.516. The lowest BCUT2D eigenvalue weighted by Crippen LogP contribution is -2.17. The number of rotatable bonds is 7. The lowest BCUT2D eigenvalue weighted by Gasteiger charge is -2.25. The zero-order valence-electron chi connectivity index (χ0n) is 17.3. The van der Waals surface area contributed by atoms with Crippen molar-refractivity contribution in [3.63, 3.8) is 0 Å². The van der Waals surface area contributed by atoms with Gasteiger partial charge in [0.25, 0.3) is 0 Å². The van der Waals surface area contributed by atoms with Crippen molar-refractivity contribution in [2.75, 3.05) is 16.4 Å². The van der Waals surface area contributed by atoms with Gasteiger partial charge < -0.3 is 15.1 Å². The maximum atomic E-state index is 12.5. The molecule has 2 heterocycles. The van der Waals surface area contributed by atoms with Gasteiger partial charge in [0.05, 0.1) is 12.0 Å². The molecule has 0 saturated heterocycles. The summed E-state index contributed by atoms with van der Waals surface area (Å²) >= 11 is 1.37. The predicted octanol–water partition coefficient (Wildman–Crippen LogP) is 4.73. The van der Waals surface area contributed by atoms with Crippen molar-refractivity contribution < 1.29 is 14.0 Å². The molecule has 2 amide bonds. The van der Waals surface area contributed by atoms with E-state index in [1.165, 1.54) is 37.9 Å². The van der Waals surface area contributed by atoms with Crippen LogP contribution in [0, 0.1) is 0 Å². The van der Waals surface area contributed by atoms with Crippen LogP contribution in [0.25, 0.3) is 11.6 Å². The number of benzene rings is 1. The molecule has 9 heteroatoms. The summed E-state index contributed by atoms with van der Waals surface area (Å²) in [5.41, 5.74) is 1.26. The minimum absolute atomic E-state index is 0.150. The summed E-state index contributed by atoms with van der Waals surface area (Å²) < 4.78 is 7.70. The van der Waals surface area contributed by atoms with Crippen LogP contribution < -0.4 is 10.6 Å². The normalized spacial score (nSPS) is 14.4. The third-order valence-corrected chi connectivity index (χ3v) is 6.09. The molecule has 4 rings (SSSR count). The summed E-state index contributed by atoms with van der Waals surface area (Å²) in [5.74, 6) is 1.29. The molecule has 0 atom stereocenters. The third-order valence-electron chi connectivity index (χ3n) is 5.15. The number of carbonyl (C=O) groups excluding carboxylic acids is 2. The van der Waals surface area contributed by atoms with Crippen LogP contribution in [-0.2, 0) is 9.59 Å². The Morgan fingerprint density at radius 3 is 2.58 bits per heavy atom. The van der Waals surface area contributed by atoms with Gasteiger partial charge in [-0.15, -0.1) is 10.2 Å². The molecule has 1 aliphatic rings. The molecular weight excluding hydrogens is 414 g/mol. The first-order chi connectivity index (χ1) is 15.1. The summed E-state index contributed by atoms with van der Waals surface area (Å²) in [6.07, 6.45) is 7.37. The molecule has 0 radical (unpaired) electrons. The van der Waals surface area contributed by atoms with Gasteiger partial charge in [-0.1, -0.05) is 37.1 Å². The predicted molar refractivity (Wildman–Crippen MR) is 120 cm³/mol. The van der Waals surface area contributed by atoms with Crippen molar-refractivity contribution in [1.29, 1.82) is 0 Å². The first-order valence-electron chi connectivity index (χ1n) is 10.4. The Labute approximate surface area is 184 Å². The SMILES string of the molecule is CC(=O)Nc1cccc(NC(=O)CSc2nnc(-c3ccco3)n2C2CCCCC2)c1. The molecule has 31 heavy (non-hydrogen) atoms. The van der Waals surface area contributed by atoms with E-state index in [9.17, 15) is 9.59 Å². The monoisotopic (exact) mass is 439 g/mol. The Morgan fingerprint density at radius 2 is 1.87 bits per heavy atom. The first-order valence-corrected chi connectivity index (χ1v) is 11.4. The molecule has 1 aromatic carbocycles. The molecule has 1 aliphatic carbocycles. The van der Waals surface area contributed by atoms with E-state index in [2.05, 4.69) is 25.4 Å². The maximum absolute atomic E-state index is 12.5. The highest BCUT2D eigenvalue weighted by Crippen LogP contribution is 2.35. The second-order valence-corrected chi connectivity index (χ2v) is 8.49. The molecule has 3 aromatic rings. The Bertz CT molecular complexity index is 1040. The van der Waals surface area contributed by atoms with Crippen LogP contribution >= 0.6 is 11.8 Å². The van der Waals surface area contributed by atoms with E-state index in [1.54, 1.807) is 30.5 Å². The van der Waals surface area contributed by atoms with Gasteiger partial charge in [0.1, 0.15) is 0 Å². The van der Waals surface area contributed by atoms with E-state index in [4.69, 9.17) is 4.42 Å². The summed E-state index contributed by atoms with van der Waals surface area (Å²) in [7, 11) is 0. The Morgan fingerprint density at radius 1 is 1.10 bits per heavy atom. The summed E-state index contributed by atoms with van der Waals surface area (Å²) in [6, 6.07) is 11.1. The smallest absolute Gasteiger partial charge is 0.234 e. The zero-order chi connectivity index (χ0) is 21.6. The minimum atomic E-state index is -0.159. The van der Waals surface area contributed by atoms with Crippen LogP contribution in [-0.4, -0.2) is 32.3 Å². The fraction of sp³-hybridized carbons (Fsp3) is 0.364. The van der Waals surface area contributed by atoms with E-state index < -0.39 is 0 Å². The summed E-state index contributed by atoms with van der Waals surface area (Å²) in [6.45, 7) is 1.45. The van der Waals surface area contributed by atoms with E-state index in [0.717, 1.165) is 18.0 Å². The number of amides is 2. The number of nitrogens with one attached hydrogen (secondary N) is 2. The highest BCUT2D eigenvalue weighted by Gasteiger charge is 2.25. The fourth-order valence-electron chi connectivity index (χ4n) is 3.82. The van der Waals surface area contributed by atoms with Crippen LogP contribution in [0.5, 0.6) is 0 Å². The van der Waals surface area contributed by atoms with Crippen LogP contribution in [0.15, 0.2) is 52.2 Å². The Balaban J connectivity index is 1.45. The van der Waals surface area contributed by atoms with Gasteiger partial charge in [-0.25, -0.2) is 0 Å². The fourth-order valence-corrected chi connectivity index (χ4v) is 4.63. The average Bonchev–Trinajstić information content (AvgIpc) is 3.42. The van der Waals surface area contributed by atoms with E-state index >= 15 is 0 Å². The van der Waals surface area contributed by atoms with Gasteiger partial charge in [0.2, 0.25) is 17.6 Å². The number of furan rings is 1. The van der Waals surface area contributed by atoms with Crippen molar-refractivity contribution in [3.05, 3.63) is 42.7 Å². The number of thioether (sulfide) groups is 1. The number of nitrogens with zero attached hydrogens (tertiary/aromatic N) is 3. The van der Waals surface area contributed by atoms with Crippen molar-refractivity contribution in [3.8, 4) is 11.6 Å². The highest BCUT2D eigenvalue weighted by atomic mass is 32.2. The molecular formula is C22H25N5O3S. The number of hydrogen-bond donors (Lipinski definition) is 2. The largest absolute Gasteiger partial charge is 0.461 e. The molecule has 162 valence electrons. The molecule has 8 nitrogen and oxygen atoms in total. The molecule has 0 bridgehead atoms. The van der Waals surface area contributed by atoms with Gasteiger partial charge in [-0.05, 0) is 43.2 Å². The van der Waals surface area contributed by atoms with Gasteiger partial charge >= 0.3 is 0 Å². The van der Waals surface area contributed by atoms with Crippen LogP contribution in [0.4, 0.5) is 11.4 Å². The minimum Gasteiger partial charge on any atom is -0.461 e. The summed E-state index contributed by atoms with van der Waals surface area (Å²) in [4.78, 5) is 23.8. The Kier molecular flexibility index (Phi) is 6.71. The van der Waals surface area contributed by atoms with Crippen LogP contribution in [0.1, 0.15) is 45.1 Å². The topological polar surface area (TPSA) is 102 Å². The van der Waals surface area contributed by atoms with Crippen molar-refractivity contribution in [2.45, 2.75) is 50.2 Å². The number of carbonyl (C=O) groups is 2. The van der Waals surface area contributed by atoms with Gasteiger partial charge in [-0.2, -0.15) is 0 Å².